The largest absolute Gasteiger partial charge is 0.346 e. The summed E-state index contributed by atoms with van der Waals surface area (Å²) in [4.78, 5) is 14.7. The van der Waals surface area contributed by atoms with Gasteiger partial charge < -0.3 is 14.8 Å². The first-order valence-electron chi connectivity index (χ1n) is 8.29. The molecule has 0 aliphatic carbocycles. The molecule has 1 aliphatic heterocycles. The van der Waals surface area contributed by atoms with Crippen LogP contribution in [0.25, 0.3) is 10.9 Å². The van der Waals surface area contributed by atoms with Crippen LogP contribution in [0.4, 0.5) is 10.5 Å². The summed E-state index contributed by atoms with van der Waals surface area (Å²) >= 11 is 0. The molecule has 1 aliphatic rings. The van der Waals surface area contributed by atoms with E-state index >= 15 is 0 Å². The smallest absolute Gasteiger partial charge is 0.322 e. The summed E-state index contributed by atoms with van der Waals surface area (Å²) in [7, 11) is 0. The van der Waals surface area contributed by atoms with E-state index in [-0.39, 0.29) is 6.03 Å². The van der Waals surface area contributed by atoms with Gasteiger partial charge in [-0.25, -0.2) is 4.79 Å². The highest BCUT2D eigenvalue weighted by Gasteiger charge is 2.29. The number of benzene rings is 1. The molecule has 1 aromatic heterocycles. The van der Waals surface area contributed by atoms with Crippen molar-refractivity contribution < 1.29 is 4.79 Å². The van der Waals surface area contributed by atoms with Gasteiger partial charge >= 0.3 is 6.03 Å². The maximum atomic E-state index is 12.7. The van der Waals surface area contributed by atoms with E-state index in [9.17, 15) is 4.79 Å². The van der Waals surface area contributed by atoms with Gasteiger partial charge in [0.1, 0.15) is 0 Å². The molecule has 0 bridgehead atoms. The highest BCUT2D eigenvalue weighted by Crippen LogP contribution is 2.28. The fourth-order valence-electron chi connectivity index (χ4n) is 3.61. The van der Waals surface area contributed by atoms with Crippen LogP contribution in [0.5, 0.6) is 0 Å². The number of hydrogen-bond donors (Lipinski definition) is 1. The number of para-hydroxylation sites is 1. The molecular formula is C18H25N3O. The van der Waals surface area contributed by atoms with E-state index in [0.717, 1.165) is 30.5 Å². The van der Waals surface area contributed by atoms with Crippen molar-refractivity contribution in [2.24, 2.45) is 0 Å². The summed E-state index contributed by atoms with van der Waals surface area (Å²) in [6, 6.07) is 8.87. The standard InChI is InChI=1S/C18H25N3O/c1-4-20-12-16(15-10-5-6-11-17(15)20)19-18(22)21-13(2)8-7-9-14(21)3/h5-6,10-14H,4,7-9H2,1-3H3,(H,19,22). The van der Waals surface area contributed by atoms with Crippen molar-refractivity contribution in [3.63, 3.8) is 0 Å². The molecule has 2 unspecified atom stereocenters. The summed E-state index contributed by atoms with van der Waals surface area (Å²) < 4.78 is 2.17. The first-order valence-corrected chi connectivity index (χ1v) is 8.29. The molecule has 3 rings (SSSR count). The Bertz CT molecular complexity index is 666. The first kappa shape index (κ1) is 14.9. The van der Waals surface area contributed by atoms with Crippen LogP contribution in [0.2, 0.25) is 0 Å². The Morgan fingerprint density at radius 1 is 1.23 bits per heavy atom. The Labute approximate surface area is 132 Å². The molecule has 1 aromatic carbocycles. The summed E-state index contributed by atoms with van der Waals surface area (Å²) in [5.41, 5.74) is 2.08. The molecule has 0 saturated carbocycles. The van der Waals surface area contributed by atoms with E-state index < -0.39 is 0 Å². The van der Waals surface area contributed by atoms with Gasteiger partial charge in [0.2, 0.25) is 0 Å². The quantitative estimate of drug-likeness (QED) is 0.873. The zero-order chi connectivity index (χ0) is 15.7. The lowest BCUT2D eigenvalue weighted by molar-refractivity contribution is 0.133. The van der Waals surface area contributed by atoms with Crippen molar-refractivity contribution in [1.29, 1.82) is 0 Å². The number of carbonyl (C=O) groups is 1. The van der Waals surface area contributed by atoms with E-state index in [2.05, 4.69) is 42.8 Å². The lowest BCUT2D eigenvalue weighted by atomic mass is 9.98. The molecule has 22 heavy (non-hydrogen) atoms. The Hall–Kier alpha value is -1.97. The van der Waals surface area contributed by atoms with Crippen LogP contribution in [0.1, 0.15) is 40.0 Å². The fraction of sp³-hybridized carbons (Fsp3) is 0.500. The zero-order valence-electron chi connectivity index (χ0n) is 13.7. The number of hydrogen-bond acceptors (Lipinski definition) is 1. The van der Waals surface area contributed by atoms with Crippen LogP contribution in [0.15, 0.2) is 30.5 Å². The van der Waals surface area contributed by atoms with Gasteiger partial charge in [0.25, 0.3) is 0 Å². The maximum Gasteiger partial charge on any atom is 0.322 e. The number of rotatable bonds is 2. The molecule has 0 spiro atoms. The maximum absolute atomic E-state index is 12.7. The number of amides is 2. The number of nitrogens with one attached hydrogen (secondary N) is 1. The van der Waals surface area contributed by atoms with Crippen molar-refractivity contribution in [1.82, 2.24) is 9.47 Å². The molecule has 118 valence electrons. The number of aryl methyl sites for hydroxylation is 1. The SMILES string of the molecule is CCn1cc(NC(=O)N2C(C)CCCC2C)c2ccccc21. The molecule has 2 atom stereocenters. The fourth-order valence-corrected chi connectivity index (χ4v) is 3.61. The molecule has 1 N–H and O–H groups in total. The van der Waals surface area contributed by atoms with Gasteiger partial charge in [-0.15, -0.1) is 0 Å². The van der Waals surface area contributed by atoms with Crippen molar-refractivity contribution >= 4 is 22.6 Å². The van der Waals surface area contributed by atoms with E-state index in [0.29, 0.717) is 12.1 Å². The minimum absolute atomic E-state index is 0.0266. The molecule has 1 saturated heterocycles. The second-order valence-corrected chi connectivity index (χ2v) is 6.31. The molecule has 4 heteroatoms. The second-order valence-electron chi connectivity index (χ2n) is 6.31. The molecule has 2 heterocycles. The van der Waals surface area contributed by atoms with Gasteiger partial charge in [0, 0.05) is 30.2 Å². The van der Waals surface area contributed by atoms with Crippen molar-refractivity contribution in [3.8, 4) is 0 Å². The van der Waals surface area contributed by atoms with Crippen molar-refractivity contribution in [2.75, 3.05) is 5.32 Å². The average molecular weight is 299 g/mol. The van der Waals surface area contributed by atoms with Crippen LogP contribution < -0.4 is 5.32 Å². The highest BCUT2D eigenvalue weighted by molar-refractivity contribution is 6.01. The molecule has 0 radical (unpaired) electrons. The topological polar surface area (TPSA) is 37.3 Å². The number of aromatic nitrogens is 1. The third-order valence-electron chi connectivity index (χ3n) is 4.80. The molecule has 2 aromatic rings. The summed E-state index contributed by atoms with van der Waals surface area (Å²) in [6.07, 6.45) is 5.44. The Morgan fingerprint density at radius 3 is 2.59 bits per heavy atom. The zero-order valence-corrected chi connectivity index (χ0v) is 13.7. The third kappa shape index (κ3) is 2.58. The van der Waals surface area contributed by atoms with Crippen LogP contribution in [-0.4, -0.2) is 27.6 Å². The van der Waals surface area contributed by atoms with Gasteiger partial charge in [0.15, 0.2) is 0 Å². The predicted molar refractivity (Wildman–Crippen MR) is 91.2 cm³/mol. The van der Waals surface area contributed by atoms with Gasteiger partial charge in [-0.05, 0) is 46.1 Å². The van der Waals surface area contributed by atoms with Gasteiger partial charge in [-0.1, -0.05) is 18.2 Å². The highest BCUT2D eigenvalue weighted by atomic mass is 16.2. The molecule has 4 nitrogen and oxygen atoms in total. The van der Waals surface area contributed by atoms with Gasteiger partial charge in [0.05, 0.1) is 11.2 Å². The van der Waals surface area contributed by atoms with Crippen molar-refractivity contribution in [2.45, 2.75) is 58.7 Å². The van der Waals surface area contributed by atoms with Crippen LogP contribution in [0.3, 0.4) is 0 Å². The Kier molecular flexibility index (Phi) is 4.10. The van der Waals surface area contributed by atoms with Crippen LogP contribution in [-0.2, 0) is 6.54 Å². The monoisotopic (exact) mass is 299 g/mol. The van der Waals surface area contributed by atoms with E-state index in [1.807, 2.05) is 23.2 Å². The molecule has 1 fully saturated rings. The number of piperidine rings is 1. The first-order chi connectivity index (χ1) is 10.6. The minimum Gasteiger partial charge on any atom is -0.346 e. The average Bonchev–Trinajstić information content (AvgIpc) is 2.85. The lowest BCUT2D eigenvalue weighted by Gasteiger charge is -2.38. The number of nitrogens with zero attached hydrogens (tertiary/aromatic N) is 2. The van der Waals surface area contributed by atoms with E-state index in [1.165, 1.54) is 11.9 Å². The summed E-state index contributed by atoms with van der Waals surface area (Å²) in [5.74, 6) is 0. The molecule has 2 amide bonds. The Morgan fingerprint density at radius 2 is 1.91 bits per heavy atom. The van der Waals surface area contributed by atoms with E-state index in [1.54, 1.807) is 0 Å². The van der Waals surface area contributed by atoms with Crippen LogP contribution in [0, 0.1) is 0 Å². The van der Waals surface area contributed by atoms with Crippen LogP contribution >= 0.6 is 0 Å². The third-order valence-corrected chi connectivity index (χ3v) is 4.80. The summed E-state index contributed by atoms with van der Waals surface area (Å²) in [6.45, 7) is 7.30. The molecular weight excluding hydrogens is 274 g/mol. The predicted octanol–water partition coefficient (Wildman–Crippen LogP) is 4.46. The number of carbonyl (C=O) groups excluding carboxylic acids is 1. The summed E-state index contributed by atoms with van der Waals surface area (Å²) in [5, 5.41) is 4.24. The number of anilines is 1. The van der Waals surface area contributed by atoms with E-state index in [4.69, 9.17) is 0 Å². The van der Waals surface area contributed by atoms with Gasteiger partial charge in [-0.2, -0.15) is 0 Å². The Balaban J connectivity index is 1.88. The number of likely N-dealkylation sites (tertiary alicyclic amines) is 1. The second kappa shape index (κ2) is 6.03. The normalized spacial score (nSPS) is 22.0. The van der Waals surface area contributed by atoms with Gasteiger partial charge in [-0.3, -0.25) is 0 Å². The van der Waals surface area contributed by atoms with Crippen molar-refractivity contribution in [3.05, 3.63) is 30.5 Å². The number of urea groups is 1. The minimum atomic E-state index is 0.0266. The number of fused-ring (bicyclic) bond motifs is 1. The lowest BCUT2D eigenvalue weighted by Crippen LogP contribution is -2.49.